The molecule has 1 aromatic heterocycles. The Morgan fingerprint density at radius 1 is 1.20 bits per heavy atom. The molecule has 0 fully saturated rings. The predicted molar refractivity (Wildman–Crippen MR) is 38.3 cm³/mol. The predicted octanol–water partition coefficient (Wildman–Crippen LogP) is 0.968. The lowest BCUT2D eigenvalue weighted by atomic mass is 10.5. The third-order valence-corrected chi connectivity index (χ3v) is 1.22. The zero-order valence-corrected chi connectivity index (χ0v) is 6.16. The fourth-order valence-electron chi connectivity index (χ4n) is 0.717. The first kappa shape index (κ1) is 7.22. The molecule has 0 amide bonds. The van der Waals surface area contributed by atoms with E-state index >= 15 is 0 Å². The van der Waals surface area contributed by atoms with Gasteiger partial charge in [-0.15, -0.1) is 0 Å². The van der Waals surface area contributed by atoms with Crippen LogP contribution in [0, 0.1) is 0 Å². The average Bonchev–Trinajstić information content (AvgIpc) is 2.03. The zero-order valence-electron chi connectivity index (χ0n) is 6.16. The molecule has 0 radical (unpaired) electrons. The molecule has 2 heteroatoms. The molecule has 0 atom stereocenters. The molecule has 0 aliphatic rings. The topological polar surface area (TPSA) is 13.1 Å². The summed E-state index contributed by atoms with van der Waals surface area (Å²) in [6.07, 6.45) is 3.96. The molecule has 0 aliphatic heterocycles. The van der Waals surface area contributed by atoms with Gasteiger partial charge in [-0.2, -0.15) is 4.57 Å². The highest BCUT2D eigenvalue weighted by Gasteiger charge is 1.92. The van der Waals surface area contributed by atoms with Crippen LogP contribution in [0.2, 0.25) is 0 Å². The molecular formula is C8H12NO+. The lowest BCUT2D eigenvalue weighted by molar-refractivity contribution is -0.732. The van der Waals surface area contributed by atoms with Gasteiger partial charge in [0.2, 0.25) is 0 Å². The molecule has 0 unspecified atom stereocenters. The Kier molecular flexibility index (Phi) is 2.90. The highest BCUT2D eigenvalue weighted by Crippen LogP contribution is 1.77. The number of ether oxygens (including phenoxy) is 1. The van der Waals surface area contributed by atoms with Gasteiger partial charge in [-0.1, -0.05) is 6.07 Å². The molecular weight excluding hydrogens is 126 g/mol. The molecule has 0 bridgehead atoms. The minimum Gasteiger partial charge on any atom is -0.324 e. The smallest absolute Gasteiger partial charge is 0.252 e. The minimum atomic E-state index is 0.650. The number of nitrogens with zero attached hydrogens (tertiary/aromatic N) is 1. The van der Waals surface area contributed by atoms with E-state index in [4.69, 9.17) is 4.74 Å². The van der Waals surface area contributed by atoms with Crippen molar-refractivity contribution < 1.29 is 9.30 Å². The number of hydrogen-bond acceptors (Lipinski definition) is 1. The zero-order chi connectivity index (χ0) is 7.23. The van der Waals surface area contributed by atoms with Crippen LogP contribution in [0.3, 0.4) is 0 Å². The molecule has 0 aromatic carbocycles. The van der Waals surface area contributed by atoms with Crippen LogP contribution in [0.4, 0.5) is 0 Å². The van der Waals surface area contributed by atoms with Crippen LogP contribution in [0.1, 0.15) is 6.92 Å². The highest BCUT2D eigenvalue weighted by molar-refractivity contribution is 4.83. The molecule has 0 spiro atoms. The molecule has 0 aliphatic carbocycles. The Labute approximate surface area is 61.1 Å². The summed E-state index contributed by atoms with van der Waals surface area (Å²) in [4.78, 5) is 0. The van der Waals surface area contributed by atoms with E-state index in [9.17, 15) is 0 Å². The number of hydrogen-bond donors (Lipinski definition) is 0. The SMILES string of the molecule is CCOC[n+]1ccccc1. The maximum Gasteiger partial charge on any atom is 0.252 e. The monoisotopic (exact) mass is 138 g/mol. The van der Waals surface area contributed by atoms with Crippen molar-refractivity contribution in [1.29, 1.82) is 0 Å². The van der Waals surface area contributed by atoms with Crippen molar-refractivity contribution in [2.24, 2.45) is 0 Å². The first-order chi connectivity index (χ1) is 4.93. The van der Waals surface area contributed by atoms with Crippen molar-refractivity contribution >= 4 is 0 Å². The van der Waals surface area contributed by atoms with Crippen LogP contribution in [-0.4, -0.2) is 6.61 Å². The lowest BCUT2D eigenvalue weighted by Crippen LogP contribution is -2.33. The molecule has 0 saturated heterocycles. The summed E-state index contributed by atoms with van der Waals surface area (Å²) in [5, 5.41) is 0. The second kappa shape index (κ2) is 4.01. The van der Waals surface area contributed by atoms with Crippen molar-refractivity contribution in [2.75, 3.05) is 6.61 Å². The lowest BCUT2D eigenvalue weighted by Gasteiger charge is -1.93. The summed E-state index contributed by atoms with van der Waals surface area (Å²) in [5.74, 6) is 0. The van der Waals surface area contributed by atoms with Gasteiger partial charge in [0, 0.05) is 12.1 Å². The number of rotatable bonds is 3. The molecule has 0 saturated carbocycles. The molecule has 54 valence electrons. The van der Waals surface area contributed by atoms with Crippen molar-refractivity contribution in [3.8, 4) is 0 Å². The van der Waals surface area contributed by atoms with Gasteiger partial charge < -0.3 is 4.74 Å². The summed E-state index contributed by atoms with van der Waals surface area (Å²) >= 11 is 0. The van der Waals surface area contributed by atoms with Crippen molar-refractivity contribution in [3.05, 3.63) is 30.6 Å². The van der Waals surface area contributed by atoms with Gasteiger partial charge in [-0.05, 0) is 6.92 Å². The Hall–Kier alpha value is -0.890. The van der Waals surface area contributed by atoms with Gasteiger partial charge in [0.1, 0.15) is 0 Å². The highest BCUT2D eigenvalue weighted by atomic mass is 16.5. The van der Waals surface area contributed by atoms with E-state index in [1.54, 1.807) is 0 Å². The average molecular weight is 138 g/mol. The Morgan fingerprint density at radius 2 is 1.90 bits per heavy atom. The van der Waals surface area contributed by atoms with Gasteiger partial charge in [-0.3, -0.25) is 0 Å². The Bertz CT molecular complexity index is 174. The van der Waals surface area contributed by atoms with Gasteiger partial charge >= 0.3 is 0 Å². The normalized spacial score (nSPS) is 9.70. The van der Waals surface area contributed by atoms with E-state index in [0.717, 1.165) is 6.61 Å². The van der Waals surface area contributed by atoms with Gasteiger partial charge in [-0.25, -0.2) is 0 Å². The van der Waals surface area contributed by atoms with E-state index in [-0.39, 0.29) is 0 Å². The molecule has 1 aromatic rings. The van der Waals surface area contributed by atoms with Crippen molar-refractivity contribution in [1.82, 2.24) is 0 Å². The molecule has 1 heterocycles. The van der Waals surface area contributed by atoms with Crippen LogP contribution in [0.25, 0.3) is 0 Å². The van der Waals surface area contributed by atoms with Crippen LogP contribution in [0.15, 0.2) is 30.6 Å². The maximum atomic E-state index is 5.18. The first-order valence-electron chi connectivity index (χ1n) is 3.45. The summed E-state index contributed by atoms with van der Waals surface area (Å²) in [6.45, 7) is 3.41. The first-order valence-corrected chi connectivity index (χ1v) is 3.45. The van der Waals surface area contributed by atoms with Gasteiger partial charge in [0.05, 0.1) is 6.61 Å². The van der Waals surface area contributed by atoms with Crippen molar-refractivity contribution in [2.45, 2.75) is 13.7 Å². The quantitative estimate of drug-likeness (QED) is 0.567. The summed E-state index contributed by atoms with van der Waals surface area (Å²) in [5.41, 5.74) is 0. The third kappa shape index (κ3) is 2.15. The van der Waals surface area contributed by atoms with E-state index in [0.29, 0.717) is 6.73 Å². The Morgan fingerprint density at radius 3 is 2.50 bits per heavy atom. The second-order valence-electron chi connectivity index (χ2n) is 2.01. The molecule has 1 rings (SSSR count). The van der Waals surface area contributed by atoms with Crippen LogP contribution < -0.4 is 4.57 Å². The van der Waals surface area contributed by atoms with Gasteiger partial charge in [0.25, 0.3) is 6.73 Å². The molecule has 0 N–H and O–H groups in total. The fraction of sp³-hybridized carbons (Fsp3) is 0.375. The van der Waals surface area contributed by atoms with Crippen molar-refractivity contribution in [3.63, 3.8) is 0 Å². The minimum absolute atomic E-state index is 0.650. The summed E-state index contributed by atoms with van der Waals surface area (Å²) in [6, 6.07) is 5.96. The van der Waals surface area contributed by atoms with Gasteiger partial charge in [0.15, 0.2) is 12.4 Å². The molecule has 2 nitrogen and oxygen atoms in total. The third-order valence-electron chi connectivity index (χ3n) is 1.22. The molecule has 10 heavy (non-hydrogen) atoms. The van der Waals surface area contributed by atoms with Crippen LogP contribution in [0.5, 0.6) is 0 Å². The van der Waals surface area contributed by atoms with E-state index in [1.165, 1.54) is 0 Å². The van der Waals surface area contributed by atoms with Crippen LogP contribution in [-0.2, 0) is 11.5 Å². The van der Waals surface area contributed by atoms with Crippen LogP contribution >= 0.6 is 0 Å². The second-order valence-corrected chi connectivity index (χ2v) is 2.01. The summed E-state index contributed by atoms with van der Waals surface area (Å²) in [7, 11) is 0. The summed E-state index contributed by atoms with van der Waals surface area (Å²) < 4.78 is 7.17. The van der Waals surface area contributed by atoms with E-state index < -0.39 is 0 Å². The standard InChI is InChI=1S/C8H12NO/c1-2-10-8-9-6-4-3-5-7-9/h3-7H,2,8H2,1H3/q+1. The Balaban J connectivity index is 2.43. The number of pyridine rings is 1. The van der Waals surface area contributed by atoms with E-state index in [2.05, 4.69) is 0 Å². The fourth-order valence-corrected chi connectivity index (χ4v) is 0.717. The maximum absolute atomic E-state index is 5.18. The number of aromatic nitrogens is 1. The van der Waals surface area contributed by atoms with E-state index in [1.807, 2.05) is 42.1 Å². The largest absolute Gasteiger partial charge is 0.324 e.